The summed E-state index contributed by atoms with van der Waals surface area (Å²) in [5.41, 5.74) is 2.33. The Kier molecular flexibility index (Phi) is 3.59. The predicted molar refractivity (Wildman–Crippen MR) is 80.6 cm³/mol. The van der Waals surface area contributed by atoms with Gasteiger partial charge >= 0.3 is 0 Å². The zero-order valence-electron chi connectivity index (χ0n) is 10.2. The summed E-state index contributed by atoms with van der Waals surface area (Å²) >= 11 is 18.0. The SMILES string of the molecule is O=C1Cc2ccc(Cl)cc2N1Cc1nc(Cl)ccc1Cl. The van der Waals surface area contributed by atoms with Crippen molar-refractivity contribution in [3.05, 3.63) is 56.8 Å². The van der Waals surface area contributed by atoms with Crippen molar-refractivity contribution in [2.75, 3.05) is 4.90 Å². The Labute approximate surface area is 131 Å². The predicted octanol–water partition coefficient (Wildman–Crippen LogP) is 4.13. The van der Waals surface area contributed by atoms with Gasteiger partial charge in [-0.05, 0) is 29.8 Å². The number of pyridine rings is 1. The Morgan fingerprint density at radius 1 is 1.15 bits per heavy atom. The third-order valence-electron chi connectivity index (χ3n) is 3.17. The van der Waals surface area contributed by atoms with Crippen molar-refractivity contribution in [2.45, 2.75) is 13.0 Å². The molecule has 0 saturated heterocycles. The molecule has 0 unspecified atom stereocenters. The van der Waals surface area contributed by atoms with E-state index < -0.39 is 0 Å². The van der Waals surface area contributed by atoms with Crippen molar-refractivity contribution in [2.24, 2.45) is 0 Å². The van der Waals surface area contributed by atoms with Gasteiger partial charge in [0.1, 0.15) is 5.15 Å². The van der Waals surface area contributed by atoms with Crippen LogP contribution in [0.15, 0.2) is 30.3 Å². The van der Waals surface area contributed by atoms with E-state index in [9.17, 15) is 4.79 Å². The van der Waals surface area contributed by atoms with Gasteiger partial charge in [0, 0.05) is 10.7 Å². The molecule has 1 amide bonds. The molecule has 1 aliphatic rings. The highest BCUT2D eigenvalue weighted by atomic mass is 35.5. The first-order valence-corrected chi connectivity index (χ1v) is 7.07. The van der Waals surface area contributed by atoms with Gasteiger partial charge < -0.3 is 4.90 Å². The van der Waals surface area contributed by atoms with E-state index in [-0.39, 0.29) is 12.5 Å². The molecule has 1 aromatic heterocycles. The maximum Gasteiger partial charge on any atom is 0.231 e. The first-order valence-electron chi connectivity index (χ1n) is 5.94. The summed E-state index contributed by atoms with van der Waals surface area (Å²) in [6.45, 7) is 0.283. The number of nitrogens with zero attached hydrogens (tertiary/aromatic N) is 2. The number of carbonyl (C=O) groups excluding carboxylic acids is 1. The Hall–Kier alpha value is -1.29. The lowest BCUT2D eigenvalue weighted by Gasteiger charge is -2.18. The van der Waals surface area contributed by atoms with Gasteiger partial charge in [0.2, 0.25) is 5.91 Å². The van der Waals surface area contributed by atoms with Crippen molar-refractivity contribution in [3.63, 3.8) is 0 Å². The topological polar surface area (TPSA) is 33.2 Å². The van der Waals surface area contributed by atoms with Crippen LogP contribution in [-0.4, -0.2) is 10.9 Å². The molecule has 0 N–H and O–H groups in total. The number of fused-ring (bicyclic) bond motifs is 1. The zero-order valence-corrected chi connectivity index (χ0v) is 12.5. The van der Waals surface area contributed by atoms with Gasteiger partial charge in [-0.25, -0.2) is 4.98 Å². The van der Waals surface area contributed by atoms with Crippen molar-refractivity contribution in [3.8, 4) is 0 Å². The summed E-state index contributed by atoms with van der Waals surface area (Å²) in [7, 11) is 0. The van der Waals surface area contributed by atoms with Gasteiger partial charge in [0.15, 0.2) is 0 Å². The van der Waals surface area contributed by atoms with Crippen LogP contribution in [0.1, 0.15) is 11.3 Å². The largest absolute Gasteiger partial charge is 0.306 e. The summed E-state index contributed by atoms with van der Waals surface area (Å²) in [5.74, 6) is 0.000101. The lowest BCUT2D eigenvalue weighted by molar-refractivity contribution is -0.117. The summed E-state index contributed by atoms with van der Waals surface area (Å²) in [6, 6.07) is 8.71. The van der Waals surface area contributed by atoms with Crippen LogP contribution in [0.3, 0.4) is 0 Å². The molecule has 1 aliphatic heterocycles. The van der Waals surface area contributed by atoms with E-state index >= 15 is 0 Å². The fraction of sp³-hybridized carbons (Fsp3) is 0.143. The molecule has 1 aromatic carbocycles. The van der Waals surface area contributed by atoms with E-state index in [4.69, 9.17) is 34.8 Å². The maximum atomic E-state index is 12.1. The van der Waals surface area contributed by atoms with Crippen molar-refractivity contribution in [1.82, 2.24) is 4.98 Å². The van der Waals surface area contributed by atoms with E-state index in [1.165, 1.54) is 0 Å². The van der Waals surface area contributed by atoms with Gasteiger partial charge in [0.25, 0.3) is 0 Å². The van der Waals surface area contributed by atoms with Gasteiger partial charge in [-0.15, -0.1) is 0 Å². The number of benzene rings is 1. The summed E-state index contributed by atoms with van der Waals surface area (Å²) in [4.78, 5) is 17.9. The molecule has 2 aromatic rings. The number of hydrogen-bond acceptors (Lipinski definition) is 2. The molecule has 0 fully saturated rings. The minimum absolute atomic E-state index is 0.000101. The van der Waals surface area contributed by atoms with E-state index in [1.807, 2.05) is 6.07 Å². The fourth-order valence-corrected chi connectivity index (χ4v) is 2.72. The first-order chi connectivity index (χ1) is 9.54. The molecular weight excluding hydrogens is 319 g/mol. The second kappa shape index (κ2) is 5.24. The molecule has 20 heavy (non-hydrogen) atoms. The average Bonchev–Trinajstić information content (AvgIpc) is 2.70. The number of carbonyl (C=O) groups is 1. The third kappa shape index (κ3) is 2.49. The van der Waals surface area contributed by atoms with E-state index in [2.05, 4.69) is 4.98 Å². The molecule has 0 saturated carbocycles. The summed E-state index contributed by atoms with van der Waals surface area (Å²) in [6.07, 6.45) is 0.366. The van der Waals surface area contributed by atoms with Crippen LogP contribution in [-0.2, 0) is 17.8 Å². The molecule has 0 bridgehead atoms. The lowest BCUT2D eigenvalue weighted by Crippen LogP contribution is -2.26. The van der Waals surface area contributed by atoms with Crippen LogP contribution < -0.4 is 4.90 Å². The van der Waals surface area contributed by atoms with Crippen molar-refractivity contribution in [1.29, 1.82) is 0 Å². The van der Waals surface area contributed by atoms with Crippen LogP contribution in [0, 0.1) is 0 Å². The monoisotopic (exact) mass is 326 g/mol. The lowest BCUT2D eigenvalue weighted by atomic mass is 10.2. The molecule has 0 atom stereocenters. The molecule has 3 nitrogen and oxygen atoms in total. The van der Waals surface area contributed by atoms with Crippen molar-refractivity contribution < 1.29 is 4.79 Å². The smallest absolute Gasteiger partial charge is 0.231 e. The Bertz CT molecular complexity index is 703. The van der Waals surface area contributed by atoms with Crippen molar-refractivity contribution >= 4 is 46.4 Å². The molecule has 2 heterocycles. The highest BCUT2D eigenvalue weighted by Crippen LogP contribution is 2.33. The molecular formula is C14H9Cl3N2O. The normalized spacial score (nSPS) is 13.8. The van der Waals surface area contributed by atoms with Crippen LogP contribution in [0.2, 0.25) is 15.2 Å². The number of amides is 1. The minimum atomic E-state index is 0.000101. The van der Waals surface area contributed by atoms with Gasteiger partial charge in [-0.3, -0.25) is 4.79 Å². The van der Waals surface area contributed by atoms with E-state index in [0.29, 0.717) is 27.3 Å². The Balaban J connectivity index is 1.97. The van der Waals surface area contributed by atoms with Crippen LogP contribution in [0.5, 0.6) is 0 Å². The number of aromatic nitrogens is 1. The number of hydrogen-bond donors (Lipinski definition) is 0. The minimum Gasteiger partial charge on any atom is -0.306 e. The van der Waals surface area contributed by atoms with Gasteiger partial charge in [-0.2, -0.15) is 0 Å². The third-order valence-corrected chi connectivity index (χ3v) is 3.96. The highest BCUT2D eigenvalue weighted by Gasteiger charge is 2.28. The molecule has 6 heteroatoms. The highest BCUT2D eigenvalue weighted by molar-refractivity contribution is 6.32. The molecule has 0 radical (unpaired) electrons. The Morgan fingerprint density at radius 3 is 2.75 bits per heavy atom. The van der Waals surface area contributed by atoms with Gasteiger partial charge in [-0.1, -0.05) is 40.9 Å². The molecule has 0 spiro atoms. The van der Waals surface area contributed by atoms with Crippen LogP contribution >= 0.6 is 34.8 Å². The summed E-state index contributed by atoms with van der Waals surface area (Å²) in [5, 5.41) is 1.42. The number of rotatable bonds is 2. The van der Waals surface area contributed by atoms with Gasteiger partial charge in [0.05, 0.1) is 23.7 Å². The second-order valence-electron chi connectivity index (χ2n) is 4.49. The van der Waals surface area contributed by atoms with Crippen LogP contribution in [0.25, 0.3) is 0 Å². The fourth-order valence-electron chi connectivity index (χ4n) is 2.22. The van der Waals surface area contributed by atoms with E-state index in [1.54, 1.807) is 29.2 Å². The number of anilines is 1. The zero-order chi connectivity index (χ0) is 14.3. The molecule has 102 valence electrons. The Morgan fingerprint density at radius 2 is 1.95 bits per heavy atom. The average molecular weight is 328 g/mol. The molecule has 0 aliphatic carbocycles. The standard InChI is InChI=1S/C14H9Cl3N2O/c15-9-2-1-8-5-14(20)19(12(8)6-9)7-11-10(16)3-4-13(17)18-11/h1-4,6H,5,7H2. The maximum absolute atomic E-state index is 12.1. The molecule has 3 rings (SSSR count). The van der Waals surface area contributed by atoms with Crippen LogP contribution in [0.4, 0.5) is 5.69 Å². The first kappa shape index (κ1) is 13.7. The quantitative estimate of drug-likeness (QED) is 0.777. The summed E-state index contributed by atoms with van der Waals surface area (Å²) < 4.78 is 0. The van der Waals surface area contributed by atoms with E-state index in [0.717, 1.165) is 11.3 Å². The number of halogens is 3. The second-order valence-corrected chi connectivity index (χ2v) is 5.72.